The van der Waals surface area contributed by atoms with Crippen LogP contribution >= 0.6 is 0 Å². The van der Waals surface area contributed by atoms with E-state index in [4.69, 9.17) is 5.73 Å². The van der Waals surface area contributed by atoms with Gasteiger partial charge in [-0.05, 0) is 0 Å². The Morgan fingerprint density at radius 1 is 1.59 bits per heavy atom. The van der Waals surface area contributed by atoms with Crippen LogP contribution in [-0.2, 0) is 9.53 Å². The summed E-state index contributed by atoms with van der Waals surface area (Å²) in [5, 5.41) is 0.758. The third-order valence-corrected chi connectivity index (χ3v) is 2.34. The van der Waals surface area contributed by atoms with E-state index in [-0.39, 0.29) is 12.4 Å². The number of hydrogen-bond acceptors (Lipinski definition) is 5. The van der Waals surface area contributed by atoms with Crippen molar-refractivity contribution in [3.05, 3.63) is 24.2 Å². The van der Waals surface area contributed by atoms with E-state index in [1.165, 1.54) is 13.4 Å². The number of methoxy groups -OCH3 is 1. The van der Waals surface area contributed by atoms with Gasteiger partial charge in [0.2, 0.25) is 0 Å². The fourth-order valence-corrected chi connectivity index (χ4v) is 1.51. The van der Waals surface area contributed by atoms with Crippen molar-refractivity contribution in [2.45, 2.75) is 6.42 Å². The lowest BCUT2D eigenvalue weighted by Crippen LogP contribution is -1.96. The topological polar surface area (TPSA) is 93.9 Å². The summed E-state index contributed by atoms with van der Waals surface area (Å²) < 4.78 is 4.53. The van der Waals surface area contributed by atoms with Gasteiger partial charge in [0.1, 0.15) is 17.8 Å². The second-order valence-corrected chi connectivity index (χ2v) is 3.41. The van der Waals surface area contributed by atoms with E-state index in [9.17, 15) is 4.79 Å². The van der Waals surface area contributed by atoms with Gasteiger partial charge in [-0.2, -0.15) is 0 Å². The average molecular weight is 232 g/mol. The lowest BCUT2D eigenvalue weighted by Gasteiger charge is -1.95. The fraction of sp³-hybridized carbons (Fsp3) is 0.182. The van der Waals surface area contributed by atoms with Crippen LogP contribution in [0.1, 0.15) is 12.0 Å². The summed E-state index contributed by atoms with van der Waals surface area (Å²) >= 11 is 0. The van der Waals surface area contributed by atoms with E-state index < -0.39 is 0 Å². The Morgan fingerprint density at radius 2 is 2.41 bits per heavy atom. The largest absolute Gasteiger partial charge is 0.469 e. The molecular formula is C11H12N4O2. The molecule has 0 aliphatic heterocycles. The van der Waals surface area contributed by atoms with Crippen molar-refractivity contribution in [1.82, 2.24) is 15.0 Å². The molecule has 3 N–H and O–H groups in total. The van der Waals surface area contributed by atoms with Crippen LogP contribution in [0.2, 0.25) is 0 Å². The first-order valence-corrected chi connectivity index (χ1v) is 5.03. The highest BCUT2D eigenvalue weighted by atomic mass is 16.5. The predicted octanol–water partition coefficient (Wildman–Crippen LogP) is 1.12. The number of nitrogens with zero attached hydrogens (tertiary/aromatic N) is 2. The summed E-state index contributed by atoms with van der Waals surface area (Å²) in [5.41, 5.74) is 7.29. The molecule has 0 fully saturated rings. The second kappa shape index (κ2) is 4.65. The average Bonchev–Trinajstić information content (AvgIpc) is 2.74. The van der Waals surface area contributed by atoms with Crippen LogP contribution < -0.4 is 5.73 Å². The molecule has 0 spiro atoms. The maximum atomic E-state index is 10.9. The van der Waals surface area contributed by atoms with Crippen LogP contribution in [0.5, 0.6) is 0 Å². The number of nitrogens with two attached hydrogens (primary N) is 1. The first-order chi connectivity index (χ1) is 8.22. The Morgan fingerprint density at radius 3 is 3.18 bits per heavy atom. The third-order valence-electron chi connectivity index (χ3n) is 2.34. The lowest BCUT2D eigenvalue weighted by molar-refractivity contribution is -0.139. The molecule has 0 aromatic carbocycles. The maximum absolute atomic E-state index is 10.9. The van der Waals surface area contributed by atoms with Crippen LogP contribution in [0, 0.1) is 0 Å². The van der Waals surface area contributed by atoms with Crippen LogP contribution in [0.3, 0.4) is 0 Å². The highest BCUT2D eigenvalue weighted by Gasteiger charge is 2.06. The number of nitrogen functional groups attached to an aromatic ring is 1. The maximum Gasteiger partial charge on any atom is 0.309 e. The van der Waals surface area contributed by atoms with Gasteiger partial charge in [-0.3, -0.25) is 4.79 Å². The number of nitrogens with one attached hydrogen (secondary N) is 1. The van der Waals surface area contributed by atoms with Crippen molar-refractivity contribution in [2.24, 2.45) is 0 Å². The number of hydrogen-bond donors (Lipinski definition) is 2. The zero-order chi connectivity index (χ0) is 12.3. The molecule has 2 heterocycles. The number of anilines is 1. The Hall–Kier alpha value is -2.37. The molecule has 0 amide bonds. The SMILES string of the molecule is COC(=O)CC=Cc1c[nH]c2ncnc(N)c12. The molecule has 6 nitrogen and oxygen atoms in total. The number of carbonyl (C=O) groups is 1. The summed E-state index contributed by atoms with van der Waals surface area (Å²) in [6, 6.07) is 0. The summed E-state index contributed by atoms with van der Waals surface area (Å²) in [4.78, 5) is 21.9. The number of fused-ring (bicyclic) bond motifs is 1. The van der Waals surface area contributed by atoms with E-state index in [1.54, 1.807) is 18.3 Å². The van der Waals surface area contributed by atoms with E-state index in [1.807, 2.05) is 0 Å². The van der Waals surface area contributed by atoms with Gasteiger partial charge in [-0.25, -0.2) is 9.97 Å². The molecule has 2 aromatic heterocycles. The molecule has 0 saturated carbocycles. The van der Waals surface area contributed by atoms with Crippen molar-refractivity contribution in [2.75, 3.05) is 12.8 Å². The minimum Gasteiger partial charge on any atom is -0.469 e. The molecular weight excluding hydrogens is 220 g/mol. The highest BCUT2D eigenvalue weighted by molar-refractivity contribution is 5.94. The van der Waals surface area contributed by atoms with Crippen LogP contribution in [0.25, 0.3) is 17.1 Å². The van der Waals surface area contributed by atoms with Crippen LogP contribution in [0.4, 0.5) is 5.82 Å². The van der Waals surface area contributed by atoms with Crippen molar-refractivity contribution >= 4 is 28.9 Å². The molecule has 0 atom stereocenters. The monoisotopic (exact) mass is 232 g/mol. The first-order valence-electron chi connectivity index (χ1n) is 5.03. The first kappa shape index (κ1) is 11.1. The Bertz CT molecular complexity index is 574. The Kier molecular flexibility index (Phi) is 3.04. The molecule has 2 aromatic rings. The van der Waals surface area contributed by atoms with Gasteiger partial charge in [0.05, 0.1) is 18.9 Å². The number of ether oxygens (including phenoxy) is 1. The third kappa shape index (κ3) is 2.25. The summed E-state index contributed by atoms with van der Waals surface area (Å²) in [6.07, 6.45) is 6.88. The number of aromatic amines is 1. The number of carbonyl (C=O) groups excluding carboxylic acids is 1. The molecule has 0 bridgehead atoms. The molecule has 88 valence electrons. The predicted molar refractivity (Wildman–Crippen MR) is 64.0 cm³/mol. The van der Waals surface area contributed by atoms with Gasteiger partial charge in [0, 0.05) is 11.8 Å². The highest BCUT2D eigenvalue weighted by Crippen LogP contribution is 2.21. The Labute approximate surface area is 97.5 Å². The molecule has 0 saturated heterocycles. The number of H-pyrrole nitrogens is 1. The summed E-state index contributed by atoms with van der Waals surface area (Å²) in [5.74, 6) is 0.124. The molecule has 0 unspecified atom stereocenters. The van der Waals surface area contributed by atoms with Crippen LogP contribution in [0.15, 0.2) is 18.6 Å². The van der Waals surface area contributed by atoms with E-state index in [0.29, 0.717) is 11.5 Å². The van der Waals surface area contributed by atoms with Gasteiger partial charge in [-0.15, -0.1) is 0 Å². The van der Waals surface area contributed by atoms with E-state index >= 15 is 0 Å². The molecule has 17 heavy (non-hydrogen) atoms. The number of aromatic nitrogens is 3. The van der Waals surface area contributed by atoms with Crippen molar-refractivity contribution in [3.8, 4) is 0 Å². The minimum absolute atomic E-state index is 0.219. The van der Waals surface area contributed by atoms with Gasteiger partial charge in [0.15, 0.2) is 0 Å². The standard InChI is InChI=1S/C11H12N4O2/c1-17-8(16)4-2-3-7-5-13-11-9(7)10(12)14-6-15-11/h2-3,5-6H,4H2,1H3,(H3,12,13,14,15). The molecule has 0 aliphatic carbocycles. The van der Waals surface area contributed by atoms with Gasteiger partial charge in [0.25, 0.3) is 0 Å². The quantitative estimate of drug-likeness (QED) is 0.773. The molecule has 6 heteroatoms. The zero-order valence-corrected chi connectivity index (χ0v) is 9.30. The van der Waals surface area contributed by atoms with Crippen molar-refractivity contribution in [1.29, 1.82) is 0 Å². The van der Waals surface area contributed by atoms with Gasteiger partial charge < -0.3 is 15.5 Å². The summed E-state index contributed by atoms with van der Waals surface area (Å²) in [6.45, 7) is 0. The number of rotatable bonds is 3. The normalized spacial score (nSPS) is 11.1. The molecule has 0 radical (unpaired) electrons. The Balaban J connectivity index is 2.27. The smallest absolute Gasteiger partial charge is 0.309 e. The van der Waals surface area contributed by atoms with E-state index in [2.05, 4.69) is 19.7 Å². The number of esters is 1. The van der Waals surface area contributed by atoms with E-state index in [0.717, 1.165) is 10.9 Å². The van der Waals surface area contributed by atoms with Crippen molar-refractivity contribution in [3.63, 3.8) is 0 Å². The minimum atomic E-state index is -0.287. The van der Waals surface area contributed by atoms with Crippen LogP contribution in [-0.4, -0.2) is 28.0 Å². The fourth-order valence-electron chi connectivity index (χ4n) is 1.51. The molecule has 0 aliphatic rings. The second-order valence-electron chi connectivity index (χ2n) is 3.41. The van der Waals surface area contributed by atoms with Crippen molar-refractivity contribution < 1.29 is 9.53 Å². The van der Waals surface area contributed by atoms with Gasteiger partial charge >= 0.3 is 5.97 Å². The van der Waals surface area contributed by atoms with Gasteiger partial charge in [-0.1, -0.05) is 12.2 Å². The zero-order valence-electron chi connectivity index (χ0n) is 9.30. The summed E-state index contributed by atoms with van der Waals surface area (Å²) in [7, 11) is 1.35. The molecule has 2 rings (SSSR count). The lowest BCUT2D eigenvalue weighted by atomic mass is 10.2.